The van der Waals surface area contributed by atoms with Crippen molar-refractivity contribution in [2.45, 2.75) is 6.61 Å². The number of nitro groups is 1. The van der Waals surface area contributed by atoms with E-state index in [4.69, 9.17) is 15.0 Å². The number of nitrogen functional groups attached to an aromatic ring is 1. The molecule has 1 aromatic heterocycles. The van der Waals surface area contributed by atoms with Gasteiger partial charge in [0.05, 0.1) is 10.5 Å². The van der Waals surface area contributed by atoms with Crippen LogP contribution >= 0.6 is 15.9 Å². The van der Waals surface area contributed by atoms with Crippen LogP contribution in [0.3, 0.4) is 0 Å². The number of hydrogen-bond acceptors (Lipinski definition) is 8. The van der Waals surface area contributed by atoms with Crippen molar-refractivity contribution in [3.8, 4) is 11.4 Å². The largest absolute Gasteiger partial charge is 0.452 e. The molecule has 0 fully saturated rings. The Morgan fingerprint density at radius 3 is 2.85 bits per heavy atom. The second-order valence-electron chi connectivity index (χ2n) is 5.13. The number of benzene rings is 2. The van der Waals surface area contributed by atoms with Gasteiger partial charge in [-0.25, -0.2) is 4.79 Å². The molecule has 0 aliphatic rings. The standard InChI is InChI=1S/C16H11BrN4O5/c17-11-3-1-2-9(6-11)15-19-14(26-20-15)8-25-16(22)10-4-5-12(18)13(7-10)21(23)24/h1-7H,8,18H2. The Labute approximate surface area is 155 Å². The quantitative estimate of drug-likeness (QED) is 0.288. The van der Waals surface area contributed by atoms with Crippen LogP contribution in [0.2, 0.25) is 0 Å². The number of nitro benzene ring substituents is 1. The van der Waals surface area contributed by atoms with Gasteiger partial charge in [0.25, 0.3) is 11.6 Å². The molecule has 10 heteroatoms. The molecule has 0 amide bonds. The molecule has 0 bridgehead atoms. The molecule has 0 unspecified atom stereocenters. The van der Waals surface area contributed by atoms with E-state index in [-0.39, 0.29) is 29.4 Å². The third-order valence-electron chi connectivity index (χ3n) is 3.34. The number of rotatable bonds is 5. The van der Waals surface area contributed by atoms with Gasteiger partial charge in [0, 0.05) is 16.1 Å². The van der Waals surface area contributed by atoms with Gasteiger partial charge in [-0.3, -0.25) is 10.1 Å². The Bertz CT molecular complexity index is 988. The summed E-state index contributed by atoms with van der Waals surface area (Å²) >= 11 is 3.35. The van der Waals surface area contributed by atoms with Crippen LogP contribution in [0.5, 0.6) is 0 Å². The molecule has 26 heavy (non-hydrogen) atoms. The third-order valence-corrected chi connectivity index (χ3v) is 3.83. The van der Waals surface area contributed by atoms with Gasteiger partial charge < -0.3 is 15.0 Å². The number of nitrogens with zero attached hydrogens (tertiary/aromatic N) is 3. The summed E-state index contributed by atoms with van der Waals surface area (Å²) in [5, 5.41) is 14.7. The Hall–Kier alpha value is -3.27. The van der Waals surface area contributed by atoms with E-state index in [1.165, 1.54) is 12.1 Å². The molecule has 132 valence electrons. The van der Waals surface area contributed by atoms with Gasteiger partial charge in [-0.1, -0.05) is 33.2 Å². The van der Waals surface area contributed by atoms with Crippen LogP contribution in [0.25, 0.3) is 11.4 Å². The van der Waals surface area contributed by atoms with Crippen LogP contribution in [0.15, 0.2) is 51.5 Å². The second kappa shape index (κ2) is 7.31. The lowest BCUT2D eigenvalue weighted by atomic mass is 10.2. The van der Waals surface area contributed by atoms with Crippen molar-refractivity contribution in [2.75, 3.05) is 5.73 Å². The van der Waals surface area contributed by atoms with E-state index in [2.05, 4.69) is 26.1 Å². The Balaban J connectivity index is 1.69. The van der Waals surface area contributed by atoms with E-state index in [1.807, 2.05) is 18.2 Å². The third kappa shape index (κ3) is 3.86. The van der Waals surface area contributed by atoms with Gasteiger partial charge in [-0.05, 0) is 24.3 Å². The average molecular weight is 419 g/mol. The minimum absolute atomic E-state index is 0.00220. The zero-order valence-electron chi connectivity index (χ0n) is 13.1. The molecule has 9 nitrogen and oxygen atoms in total. The lowest BCUT2D eigenvalue weighted by molar-refractivity contribution is -0.383. The predicted octanol–water partition coefficient (Wildman–Crippen LogP) is 3.35. The van der Waals surface area contributed by atoms with E-state index < -0.39 is 10.9 Å². The molecule has 2 N–H and O–H groups in total. The molecule has 2 aromatic carbocycles. The fourth-order valence-electron chi connectivity index (χ4n) is 2.10. The molecule has 0 atom stereocenters. The number of halogens is 1. The maximum absolute atomic E-state index is 12.0. The van der Waals surface area contributed by atoms with Crippen LogP contribution in [-0.2, 0) is 11.3 Å². The van der Waals surface area contributed by atoms with Crippen molar-refractivity contribution in [1.82, 2.24) is 10.1 Å². The lowest BCUT2D eigenvalue weighted by Gasteiger charge is -2.03. The zero-order valence-corrected chi connectivity index (χ0v) is 14.7. The molecule has 0 radical (unpaired) electrons. The van der Waals surface area contributed by atoms with Crippen molar-refractivity contribution in [2.24, 2.45) is 0 Å². The number of ether oxygens (including phenoxy) is 1. The number of nitrogens with two attached hydrogens (primary N) is 1. The Morgan fingerprint density at radius 2 is 2.12 bits per heavy atom. The molecule has 3 aromatic rings. The maximum Gasteiger partial charge on any atom is 0.338 e. The predicted molar refractivity (Wildman–Crippen MR) is 94.1 cm³/mol. The molecule has 0 aliphatic carbocycles. The highest BCUT2D eigenvalue weighted by molar-refractivity contribution is 9.10. The van der Waals surface area contributed by atoms with Crippen LogP contribution in [-0.4, -0.2) is 21.0 Å². The normalized spacial score (nSPS) is 10.5. The number of anilines is 1. The van der Waals surface area contributed by atoms with Crippen molar-refractivity contribution >= 4 is 33.3 Å². The van der Waals surface area contributed by atoms with E-state index in [0.717, 1.165) is 16.1 Å². The second-order valence-corrected chi connectivity index (χ2v) is 6.04. The number of hydrogen-bond donors (Lipinski definition) is 1. The highest BCUT2D eigenvalue weighted by Gasteiger charge is 2.18. The SMILES string of the molecule is Nc1ccc(C(=O)OCc2nc(-c3cccc(Br)c3)no2)cc1[N+](=O)[O-]. The van der Waals surface area contributed by atoms with E-state index in [1.54, 1.807) is 6.07 Å². The van der Waals surface area contributed by atoms with Gasteiger partial charge in [0.1, 0.15) is 5.69 Å². The average Bonchev–Trinajstić information content (AvgIpc) is 3.09. The molecule has 0 saturated carbocycles. The number of aromatic nitrogens is 2. The van der Waals surface area contributed by atoms with Crippen molar-refractivity contribution in [3.63, 3.8) is 0 Å². The van der Waals surface area contributed by atoms with E-state index in [9.17, 15) is 14.9 Å². The Kier molecular flexibility index (Phi) is 4.94. The van der Waals surface area contributed by atoms with Crippen LogP contribution in [0.4, 0.5) is 11.4 Å². The molecular weight excluding hydrogens is 408 g/mol. The lowest BCUT2D eigenvalue weighted by Crippen LogP contribution is -2.07. The first-order valence-corrected chi connectivity index (χ1v) is 8.03. The summed E-state index contributed by atoms with van der Waals surface area (Å²) in [6.07, 6.45) is 0. The molecule has 3 rings (SSSR count). The van der Waals surface area contributed by atoms with Crippen molar-refractivity contribution < 1.29 is 19.0 Å². The Morgan fingerprint density at radius 1 is 1.31 bits per heavy atom. The first-order valence-electron chi connectivity index (χ1n) is 7.23. The smallest absolute Gasteiger partial charge is 0.338 e. The molecule has 0 saturated heterocycles. The fourth-order valence-corrected chi connectivity index (χ4v) is 2.50. The number of carbonyl (C=O) groups is 1. The molecule has 1 heterocycles. The van der Waals surface area contributed by atoms with E-state index >= 15 is 0 Å². The summed E-state index contributed by atoms with van der Waals surface area (Å²) in [5.41, 5.74) is 5.82. The monoisotopic (exact) mass is 418 g/mol. The van der Waals surface area contributed by atoms with Crippen LogP contribution in [0, 0.1) is 10.1 Å². The topological polar surface area (TPSA) is 134 Å². The van der Waals surface area contributed by atoms with Gasteiger partial charge in [-0.15, -0.1) is 0 Å². The summed E-state index contributed by atoms with van der Waals surface area (Å²) in [6, 6.07) is 11.0. The van der Waals surface area contributed by atoms with Crippen molar-refractivity contribution in [3.05, 3.63) is 68.5 Å². The van der Waals surface area contributed by atoms with Crippen LogP contribution in [0.1, 0.15) is 16.2 Å². The van der Waals surface area contributed by atoms with E-state index in [0.29, 0.717) is 5.82 Å². The summed E-state index contributed by atoms with van der Waals surface area (Å²) < 4.78 is 11.0. The first-order chi connectivity index (χ1) is 12.4. The first kappa shape index (κ1) is 17.5. The van der Waals surface area contributed by atoms with Gasteiger partial charge in [0.15, 0.2) is 6.61 Å². The highest BCUT2D eigenvalue weighted by atomic mass is 79.9. The summed E-state index contributed by atoms with van der Waals surface area (Å²) in [6.45, 7) is -0.266. The summed E-state index contributed by atoms with van der Waals surface area (Å²) in [7, 11) is 0. The molecule has 0 aliphatic heterocycles. The maximum atomic E-state index is 12.0. The summed E-state index contributed by atoms with van der Waals surface area (Å²) in [5.74, 6) is -0.325. The van der Waals surface area contributed by atoms with Gasteiger partial charge >= 0.3 is 5.97 Å². The zero-order chi connectivity index (χ0) is 18.7. The number of esters is 1. The molecule has 0 spiro atoms. The minimum atomic E-state index is -0.768. The minimum Gasteiger partial charge on any atom is -0.452 e. The van der Waals surface area contributed by atoms with Gasteiger partial charge in [-0.2, -0.15) is 4.98 Å². The summed E-state index contributed by atoms with van der Waals surface area (Å²) in [4.78, 5) is 26.4. The highest BCUT2D eigenvalue weighted by Crippen LogP contribution is 2.23. The van der Waals surface area contributed by atoms with Crippen molar-refractivity contribution in [1.29, 1.82) is 0 Å². The fraction of sp³-hybridized carbons (Fsp3) is 0.0625. The molecular formula is C16H11BrN4O5. The van der Waals surface area contributed by atoms with Gasteiger partial charge in [0.2, 0.25) is 5.82 Å². The number of carbonyl (C=O) groups excluding carboxylic acids is 1. The van der Waals surface area contributed by atoms with Crippen LogP contribution < -0.4 is 5.73 Å².